The molecular formula is C22H24FNO3. The molecule has 4 nitrogen and oxygen atoms in total. The van der Waals surface area contributed by atoms with Gasteiger partial charge in [0.1, 0.15) is 12.4 Å². The number of nitrogens with one attached hydrogen (secondary N) is 1. The Morgan fingerprint density at radius 1 is 0.926 bits per heavy atom. The second-order valence-electron chi connectivity index (χ2n) is 7.63. The van der Waals surface area contributed by atoms with Crippen LogP contribution < -0.4 is 14.8 Å². The third kappa shape index (κ3) is 3.19. The van der Waals surface area contributed by atoms with Crippen molar-refractivity contribution in [1.29, 1.82) is 0 Å². The van der Waals surface area contributed by atoms with Crippen molar-refractivity contribution in [2.45, 2.75) is 30.8 Å². The molecule has 1 unspecified atom stereocenters. The fourth-order valence-electron chi connectivity index (χ4n) is 4.21. The average molecular weight is 369 g/mol. The van der Waals surface area contributed by atoms with Crippen LogP contribution in [0.1, 0.15) is 47.5 Å². The van der Waals surface area contributed by atoms with Gasteiger partial charge in [-0.05, 0) is 49.5 Å². The van der Waals surface area contributed by atoms with Crippen molar-refractivity contribution in [1.82, 2.24) is 5.32 Å². The van der Waals surface area contributed by atoms with Gasteiger partial charge in [0.2, 0.25) is 0 Å². The number of ether oxygens (including phenoxy) is 3. The minimum atomic E-state index is -0.424. The van der Waals surface area contributed by atoms with Crippen LogP contribution in [0.15, 0.2) is 36.4 Å². The topological polar surface area (TPSA) is 39.7 Å². The summed E-state index contributed by atoms with van der Waals surface area (Å²) in [7, 11) is 0. The Balaban J connectivity index is 1.42. The van der Waals surface area contributed by atoms with Crippen molar-refractivity contribution in [2.24, 2.45) is 0 Å². The van der Waals surface area contributed by atoms with Crippen molar-refractivity contribution in [2.75, 3.05) is 32.9 Å². The molecular weight excluding hydrogens is 345 g/mol. The molecule has 0 aromatic heterocycles. The number of benzene rings is 2. The molecule has 3 aliphatic rings. The predicted molar refractivity (Wildman–Crippen MR) is 100 cm³/mol. The van der Waals surface area contributed by atoms with Gasteiger partial charge in [-0.15, -0.1) is 0 Å². The zero-order valence-electron chi connectivity index (χ0n) is 15.2. The number of piperidine rings is 1. The van der Waals surface area contributed by atoms with Crippen molar-refractivity contribution in [3.05, 3.63) is 58.9 Å². The van der Waals surface area contributed by atoms with E-state index in [0.717, 1.165) is 43.0 Å². The van der Waals surface area contributed by atoms with Gasteiger partial charge in [0.05, 0.1) is 13.2 Å². The summed E-state index contributed by atoms with van der Waals surface area (Å²) >= 11 is 0. The molecule has 142 valence electrons. The largest absolute Gasteiger partial charge is 0.485 e. The molecule has 0 aliphatic carbocycles. The fourth-order valence-corrected chi connectivity index (χ4v) is 4.21. The third-order valence-corrected chi connectivity index (χ3v) is 5.92. The summed E-state index contributed by atoms with van der Waals surface area (Å²) in [5.41, 5.74) is 2.74. The number of halogens is 1. The highest BCUT2D eigenvalue weighted by molar-refractivity contribution is 5.50. The first-order valence-corrected chi connectivity index (χ1v) is 9.80. The summed E-state index contributed by atoms with van der Waals surface area (Å²) < 4.78 is 32.3. The van der Waals surface area contributed by atoms with Gasteiger partial charge >= 0.3 is 0 Å². The molecule has 5 rings (SSSR count). The number of fused-ring (bicyclic) bond motifs is 1. The molecule has 2 aromatic rings. The Kier molecular flexibility index (Phi) is 4.50. The lowest BCUT2D eigenvalue weighted by atomic mass is 9.89. The molecule has 0 radical (unpaired) electrons. The van der Waals surface area contributed by atoms with Crippen LogP contribution in [0.2, 0.25) is 0 Å². The van der Waals surface area contributed by atoms with E-state index in [-0.39, 0.29) is 5.82 Å². The smallest absolute Gasteiger partial charge is 0.165 e. The molecule has 2 fully saturated rings. The maximum absolute atomic E-state index is 14.8. The highest BCUT2D eigenvalue weighted by Crippen LogP contribution is 2.44. The highest BCUT2D eigenvalue weighted by atomic mass is 19.1. The van der Waals surface area contributed by atoms with E-state index >= 15 is 0 Å². The molecule has 0 amide bonds. The van der Waals surface area contributed by atoms with Crippen LogP contribution in [0.5, 0.6) is 11.5 Å². The van der Waals surface area contributed by atoms with Crippen molar-refractivity contribution in [3.8, 4) is 11.5 Å². The third-order valence-electron chi connectivity index (χ3n) is 5.92. The van der Waals surface area contributed by atoms with E-state index in [9.17, 15) is 4.39 Å². The zero-order valence-corrected chi connectivity index (χ0v) is 15.2. The standard InChI is InChI=1S/C22H24FNO3/c23-19-10-15(16-11-25-12-16)4-5-18(19)21-13-26-20-3-1-2-17(22(20)27-21)14-6-8-24-9-7-14/h1-5,10,14,16,21,24H,6-9,11-13H2. The number of hydrogen-bond donors (Lipinski definition) is 1. The lowest BCUT2D eigenvalue weighted by molar-refractivity contribution is 0.00826. The summed E-state index contributed by atoms with van der Waals surface area (Å²) in [5, 5.41) is 3.40. The lowest BCUT2D eigenvalue weighted by Crippen LogP contribution is -2.28. The van der Waals surface area contributed by atoms with Gasteiger partial charge in [-0.1, -0.05) is 24.3 Å². The lowest BCUT2D eigenvalue weighted by Gasteiger charge is -2.32. The Bertz CT molecular complexity index is 830. The fraction of sp³-hybridized carbons (Fsp3) is 0.455. The van der Waals surface area contributed by atoms with Gasteiger partial charge in [0, 0.05) is 17.0 Å². The highest BCUT2D eigenvalue weighted by Gasteiger charge is 2.30. The van der Waals surface area contributed by atoms with Crippen LogP contribution in [0.4, 0.5) is 4.39 Å². The van der Waals surface area contributed by atoms with Crippen LogP contribution in [0, 0.1) is 5.82 Å². The van der Waals surface area contributed by atoms with E-state index in [1.54, 1.807) is 6.07 Å². The summed E-state index contributed by atoms with van der Waals surface area (Å²) in [4.78, 5) is 0. The molecule has 2 saturated heterocycles. The maximum atomic E-state index is 14.8. The van der Waals surface area contributed by atoms with Gasteiger partial charge in [-0.3, -0.25) is 0 Å². The van der Waals surface area contributed by atoms with Crippen LogP contribution in [0.3, 0.4) is 0 Å². The van der Waals surface area contributed by atoms with E-state index in [1.165, 1.54) is 5.56 Å². The molecule has 27 heavy (non-hydrogen) atoms. The second kappa shape index (κ2) is 7.13. The van der Waals surface area contributed by atoms with E-state index < -0.39 is 6.10 Å². The molecule has 3 heterocycles. The van der Waals surface area contributed by atoms with Crippen molar-refractivity contribution >= 4 is 0 Å². The number of hydrogen-bond acceptors (Lipinski definition) is 4. The van der Waals surface area contributed by atoms with E-state index in [0.29, 0.717) is 37.2 Å². The molecule has 5 heteroatoms. The first-order chi connectivity index (χ1) is 13.3. The first kappa shape index (κ1) is 17.0. The summed E-state index contributed by atoms with van der Waals surface area (Å²) in [6.45, 7) is 3.70. The molecule has 1 N–H and O–H groups in total. The predicted octanol–water partition coefficient (Wildman–Crippen LogP) is 3.92. The van der Waals surface area contributed by atoms with Crippen LogP contribution >= 0.6 is 0 Å². The summed E-state index contributed by atoms with van der Waals surface area (Å²) in [6.07, 6.45) is 1.74. The van der Waals surface area contributed by atoms with Gasteiger partial charge in [0.15, 0.2) is 17.6 Å². The summed E-state index contributed by atoms with van der Waals surface area (Å²) in [5.74, 6) is 2.09. The van der Waals surface area contributed by atoms with Gasteiger partial charge in [-0.2, -0.15) is 0 Å². The molecule has 3 aliphatic heterocycles. The van der Waals surface area contributed by atoms with Gasteiger partial charge in [0.25, 0.3) is 0 Å². The van der Waals surface area contributed by atoms with Gasteiger partial charge < -0.3 is 19.5 Å². The van der Waals surface area contributed by atoms with E-state index in [4.69, 9.17) is 14.2 Å². The minimum absolute atomic E-state index is 0.226. The Morgan fingerprint density at radius 3 is 2.52 bits per heavy atom. The molecule has 0 bridgehead atoms. The van der Waals surface area contributed by atoms with Crippen molar-refractivity contribution in [3.63, 3.8) is 0 Å². The Morgan fingerprint density at radius 2 is 1.78 bits per heavy atom. The van der Waals surface area contributed by atoms with Gasteiger partial charge in [-0.25, -0.2) is 4.39 Å². The second-order valence-corrected chi connectivity index (χ2v) is 7.63. The van der Waals surface area contributed by atoms with E-state index in [1.807, 2.05) is 24.3 Å². The molecule has 0 saturated carbocycles. The van der Waals surface area contributed by atoms with E-state index in [2.05, 4.69) is 11.4 Å². The quantitative estimate of drug-likeness (QED) is 0.890. The Hall–Kier alpha value is -2.11. The number of para-hydroxylation sites is 1. The SMILES string of the molecule is Fc1cc(C2COC2)ccc1C1COc2cccc(C3CCNCC3)c2O1. The molecule has 1 atom stereocenters. The summed E-state index contributed by atoms with van der Waals surface area (Å²) in [6, 6.07) is 11.5. The maximum Gasteiger partial charge on any atom is 0.165 e. The first-order valence-electron chi connectivity index (χ1n) is 9.80. The normalized spacial score (nSPS) is 23.1. The molecule has 2 aromatic carbocycles. The van der Waals surface area contributed by atoms with Crippen LogP contribution in [0.25, 0.3) is 0 Å². The minimum Gasteiger partial charge on any atom is -0.485 e. The van der Waals surface area contributed by atoms with Crippen LogP contribution in [-0.2, 0) is 4.74 Å². The number of rotatable bonds is 3. The molecule has 0 spiro atoms. The van der Waals surface area contributed by atoms with Crippen molar-refractivity contribution < 1.29 is 18.6 Å². The zero-order chi connectivity index (χ0) is 18.2. The van der Waals surface area contributed by atoms with Crippen LogP contribution in [-0.4, -0.2) is 32.9 Å². The Labute approximate surface area is 158 Å². The monoisotopic (exact) mass is 369 g/mol. The average Bonchev–Trinajstić information content (AvgIpc) is 2.67.